The highest BCUT2D eigenvalue weighted by Gasteiger charge is 2.22. The summed E-state index contributed by atoms with van der Waals surface area (Å²) >= 11 is 0. The van der Waals surface area contributed by atoms with Gasteiger partial charge in [-0.25, -0.2) is 5.01 Å². The van der Waals surface area contributed by atoms with Crippen LogP contribution < -0.4 is 11.2 Å². The first-order chi connectivity index (χ1) is 8.24. The van der Waals surface area contributed by atoms with Crippen LogP contribution in [-0.4, -0.2) is 30.0 Å². The van der Waals surface area contributed by atoms with E-state index in [1.54, 1.807) is 0 Å². The third kappa shape index (κ3) is 4.28. The molecule has 0 aromatic rings. The molecule has 4 nitrogen and oxygen atoms in total. The average molecular weight is 239 g/mol. The van der Waals surface area contributed by atoms with Crippen molar-refractivity contribution in [1.82, 2.24) is 10.4 Å². The van der Waals surface area contributed by atoms with Gasteiger partial charge in [0.1, 0.15) is 0 Å². The van der Waals surface area contributed by atoms with Crippen LogP contribution in [-0.2, 0) is 4.79 Å². The van der Waals surface area contributed by atoms with Crippen molar-refractivity contribution >= 4 is 5.91 Å². The molecule has 2 aliphatic rings. The molecular weight excluding hydrogens is 214 g/mol. The van der Waals surface area contributed by atoms with E-state index < -0.39 is 0 Å². The van der Waals surface area contributed by atoms with Crippen molar-refractivity contribution in [3.8, 4) is 0 Å². The monoisotopic (exact) mass is 239 g/mol. The maximum Gasteiger partial charge on any atom is 0.234 e. The number of piperidine rings is 1. The number of carbonyl (C=O) groups is 1. The summed E-state index contributed by atoms with van der Waals surface area (Å²) in [5.74, 6) is 0.756. The lowest BCUT2D eigenvalue weighted by Gasteiger charge is -2.29. The number of nitrogens with zero attached hydrogens (tertiary/aromatic N) is 1. The number of hydrogen-bond donors (Lipinski definition) is 2. The van der Waals surface area contributed by atoms with Gasteiger partial charge in [-0.3, -0.25) is 10.2 Å². The molecule has 0 aromatic carbocycles. The summed E-state index contributed by atoms with van der Waals surface area (Å²) in [4.78, 5) is 11.9. The van der Waals surface area contributed by atoms with E-state index in [0.717, 1.165) is 38.8 Å². The molecule has 1 aliphatic carbocycles. The lowest BCUT2D eigenvalue weighted by Crippen LogP contribution is -2.45. The van der Waals surface area contributed by atoms with Gasteiger partial charge in [0.15, 0.2) is 0 Å². The Morgan fingerprint density at radius 3 is 2.41 bits per heavy atom. The van der Waals surface area contributed by atoms with Gasteiger partial charge in [-0.15, -0.1) is 0 Å². The molecule has 2 fully saturated rings. The van der Waals surface area contributed by atoms with Crippen molar-refractivity contribution in [1.29, 1.82) is 0 Å². The Bertz CT molecular complexity index is 243. The Morgan fingerprint density at radius 1 is 1.12 bits per heavy atom. The first kappa shape index (κ1) is 12.8. The van der Waals surface area contributed by atoms with Crippen LogP contribution in [0.1, 0.15) is 51.4 Å². The topological polar surface area (TPSA) is 58.4 Å². The van der Waals surface area contributed by atoms with Gasteiger partial charge in [-0.1, -0.05) is 6.42 Å². The van der Waals surface area contributed by atoms with Gasteiger partial charge in [0.2, 0.25) is 5.91 Å². The molecule has 1 aliphatic heterocycles. The molecule has 17 heavy (non-hydrogen) atoms. The van der Waals surface area contributed by atoms with Crippen molar-refractivity contribution in [3.63, 3.8) is 0 Å². The van der Waals surface area contributed by atoms with E-state index in [1.807, 2.05) is 0 Å². The summed E-state index contributed by atoms with van der Waals surface area (Å²) in [5.41, 5.74) is 8.91. The van der Waals surface area contributed by atoms with Crippen molar-refractivity contribution in [3.05, 3.63) is 0 Å². The van der Waals surface area contributed by atoms with Crippen LogP contribution in [0.4, 0.5) is 0 Å². The number of hydrogen-bond acceptors (Lipinski definition) is 3. The first-order valence-electron chi connectivity index (χ1n) is 7.04. The lowest BCUT2D eigenvalue weighted by atomic mass is 9.84. The Morgan fingerprint density at radius 2 is 1.76 bits per heavy atom. The fourth-order valence-electron chi connectivity index (χ4n) is 2.88. The van der Waals surface area contributed by atoms with Crippen molar-refractivity contribution < 1.29 is 4.79 Å². The van der Waals surface area contributed by atoms with Crippen LogP contribution in [0, 0.1) is 5.92 Å². The van der Waals surface area contributed by atoms with Gasteiger partial charge in [-0.05, 0) is 44.4 Å². The minimum atomic E-state index is 0.201. The van der Waals surface area contributed by atoms with Gasteiger partial charge in [0.05, 0.1) is 0 Å². The summed E-state index contributed by atoms with van der Waals surface area (Å²) in [6, 6.07) is 0.372. The molecule has 1 heterocycles. The van der Waals surface area contributed by atoms with Crippen molar-refractivity contribution in [2.24, 2.45) is 11.7 Å². The predicted molar refractivity (Wildman–Crippen MR) is 68.1 cm³/mol. The maximum atomic E-state index is 11.9. The number of rotatable bonds is 3. The van der Waals surface area contributed by atoms with E-state index in [4.69, 9.17) is 5.73 Å². The molecule has 98 valence electrons. The van der Waals surface area contributed by atoms with Crippen LogP contribution >= 0.6 is 0 Å². The standard InChI is InChI=1S/C13H25N3O/c14-12-6-4-11(5-7-12)10-13(17)15-16-8-2-1-3-9-16/h11-12H,1-10,14H2,(H,15,17). The zero-order valence-electron chi connectivity index (χ0n) is 10.7. The predicted octanol–water partition coefficient (Wildman–Crippen LogP) is 1.41. The second kappa shape index (κ2) is 6.36. The summed E-state index contributed by atoms with van der Waals surface area (Å²) in [7, 11) is 0. The molecule has 0 radical (unpaired) electrons. The van der Waals surface area contributed by atoms with Gasteiger partial charge in [0.25, 0.3) is 0 Å². The Balaban J connectivity index is 1.66. The number of hydrazine groups is 1. The highest BCUT2D eigenvalue weighted by molar-refractivity contribution is 5.75. The second-order valence-corrected chi connectivity index (χ2v) is 5.57. The second-order valence-electron chi connectivity index (χ2n) is 5.57. The van der Waals surface area contributed by atoms with Crippen LogP contribution in [0.25, 0.3) is 0 Å². The Kier molecular flexibility index (Phi) is 4.80. The quantitative estimate of drug-likeness (QED) is 0.783. The molecule has 0 unspecified atom stereocenters. The molecule has 1 amide bonds. The van der Waals surface area contributed by atoms with Crippen LogP contribution in [0.15, 0.2) is 0 Å². The zero-order valence-corrected chi connectivity index (χ0v) is 10.7. The zero-order chi connectivity index (χ0) is 12.1. The molecule has 0 bridgehead atoms. The van der Waals surface area contributed by atoms with Crippen LogP contribution in [0.2, 0.25) is 0 Å². The number of nitrogens with one attached hydrogen (secondary N) is 1. The van der Waals surface area contributed by atoms with E-state index in [0.29, 0.717) is 18.4 Å². The first-order valence-corrected chi connectivity index (χ1v) is 7.04. The fourth-order valence-corrected chi connectivity index (χ4v) is 2.88. The Labute approximate surface area is 104 Å². The van der Waals surface area contributed by atoms with E-state index in [9.17, 15) is 4.79 Å². The van der Waals surface area contributed by atoms with Crippen LogP contribution in [0.5, 0.6) is 0 Å². The maximum absolute atomic E-state index is 11.9. The van der Waals surface area contributed by atoms with Gasteiger partial charge in [-0.2, -0.15) is 0 Å². The molecular formula is C13H25N3O. The highest BCUT2D eigenvalue weighted by atomic mass is 16.2. The van der Waals surface area contributed by atoms with Gasteiger partial charge >= 0.3 is 0 Å². The average Bonchev–Trinajstić information content (AvgIpc) is 2.33. The largest absolute Gasteiger partial charge is 0.328 e. The molecule has 1 saturated carbocycles. The van der Waals surface area contributed by atoms with Gasteiger partial charge < -0.3 is 5.73 Å². The summed E-state index contributed by atoms with van der Waals surface area (Å²) in [6.07, 6.45) is 8.81. The summed E-state index contributed by atoms with van der Waals surface area (Å²) in [6.45, 7) is 2.03. The third-order valence-electron chi connectivity index (χ3n) is 4.00. The SMILES string of the molecule is NC1CCC(CC(=O)NN2CCCCC2)CC1. The number of amides is 1. The van der Waals surface area contributed by atoms with Crippen molar-refractivity contribution in [2.75, 3.05) is 13.1 Å². The van der Waals surface area contributed by atoms with Gasteiger partial charge in [0, 0.05) is 25.6 Å². The van der Waals surface area contributed by atoms with E-state index in [2.05, 4.69) is 10.4 Å². The van der Waals surface area contributed by atoms with E-state index >= 15 is 0 Å². The molecule has 0 atom stereocenters. The molecule has 0 spiro atoms. The minimum Gasteiger partial charge on any atom is -0.328 e. The highest BCUT2D eigenvalue weighted by Crippen LogP contribution is 2.25. The summed E-state index contributed by atoms with van der Waals surface area (Å²) < 4.78 is 0. The Hall–Kier alpha value is -0.610. The normalized spacial score (nSPS) is 31.1. The summed E-state index contributed by atoms with van der Waals surface area (Å²) in [5, 5.41) is 2.08. The molecule has 3 N–H and O–H groups in total. The van der Waals surface area contributed by atoms with Crippen LogP contribution in [0.3, 0.4) is 0 Å². The minimum absolute atomic E-state index is 0.201. The number of nitrogens with two attached hydrogens (primary N) is 1. The molecule has 1 saturated heterocycles. The molecule has 2 rings (SSSR count). The molecule has 4 heteroatoms. The number of carbonyl (C=O) groups excluding carboxylic acids is 1. The lowest BCUT2D eigenvalue weighted by molar-refractivity contribution is -0.127. The smallest absolute Gasteiger partial charge is 0.234 e. The third-order valence-corrected chi connectivity index (χ3v) is 4.00. The van der Waals surface area contributed by atoms with E-state index in [1.165, 1.54) is 19.3 Å². The van der Waals surface area contributed by atoms with Crippen molar-refractivity contribution in [2.45, 2.75) is 57.4 Å². The van der Waals surface area contributed by atoms with E-state index in [-0.39, 0.29) is 5.91 Å². The fraction of sp³-hybridized carbons (Fsp3) is 0.923. The molecule has 0 aromatic heterocycles.